The number of methoxy groups -OCH3 is 1. The van der Waals surface area contributed by atoms with E-state index in [0.717, 1.165) is 12.0 Å². The minimum Gasteiger partial charge on any atom is -0.365 e. The molecular formula is C12H13F3N4O3. The number of ether oxygens (including phenoxy) is 1. The van der Waals surface area contributed by atoms with Gasteiger partial charge in [-0.1, -0.05) is 6.07 Å². The van der Waals surface area contributed by atoms with Crippen molar-refractivity contribution in [3.8, 4) is 0 Å². The maximum atomic E-state index is 12.8. The maximum Gasteiger partial charge on any atom is 0.420 e. The number of hydrogen-bond acceptors (Lipinski definition) is 4. The lowest BCUT2D eigenvalue weighted by Crippen LogP contribution is -2.71. The molecule has 1 saturated heterocycles. The zero-order valence-electron chi connectivity index (χ0n) is 11.5. The summed E-state index contributed by atoms with van der Waals surface area (Å²) in [4.78, 5) is 27.5. The molecule has 3 amide bonds. The molecule has 3 N–H and O–H groups in total. The number of likely N-dealkylation sites (tertiary alicyclic amines) is 1. The second-order valence-corrected chi connectivity index (χ2v) is 4.75. The van der Waals surface area contributed by atoms with Crippen LogP contribution in [-0.2, 0) is 4.74 Å². The van der Waals surface area contributed by atoms with Gasteiger partial charge in [0.15, 0.2) is 5.60 Å². The van der Waals surface area contributed by atoms with Crippen molar-refractivity contribution < 1.29 is 27.5 Å². The number of primary amides is 1. The molecule has 120 valence electrons. The maximum absolute atomic E-state index is 12.8. The molecule has 0 atom stereocenters. The predicted molar refractivity (Wildman–Crippen MR) is 69.1 cm³/mol. The molecule has 22 heavy (non-hydrogen) atoms. The van der Waals surface area contributed by atoms with Crippen LogP contribution in [0.3, 0.4) is 0 Å². The second-order valence-electron chi connectivity index (χ2n) is 4.75. The highest BCUT2D eigenvalue weighted by atomic mass is 19.4. The van der Waals surface area contributed by atoms with Crippen LogP contribution in [0.25, 0.3) is 0 Å². The SMILES string of the molecule is COC1(C(F)(F)F)CN(C(=O)Nc2cccc(C(N)=O)n2)C1. The number of halogens is 3. The van der Waals surface area contributed by atoms with E-state index >= 15 is 0 Å². The molecule has 1 aromatic rings. The zero-order valence-corrected chi connectivity index (χ0v) is 11.5. The van der Waals surface area contributed by atoms with E-state index in [1.165, 1.54) is 18.2 Å². The molecule has 1 fully saturated rings. The van der Waals surface area contributed by atoms with Crippen LogP contribution >= 0.6 is 0 Å². The smallest absolute Gasteiger partial charge is 0.365 e. The van der Waals surface area contributed by atoms with Crippen LogP contribution in [0.4, 0.5) is 23.8 Å². The Balaban J connectivity index is 2.01. The molecule has 0 radical (unpaired) electrons. The first kappa shape index (κ1) is 16.0. The van der Waals surface area contributed by atoms with E-state index in [0.29, 0.717) is 0 Å². The van der Waals surface area contributed by atoms with Gasteiger partial charge in [-0.25, -0.2) is 9.78 Å². The van der Waals surface area contributed by atoms with E-state index in [4.69, 9.17) is 5.73 Å². The third-order valence-electron chi connectivity index (χ3n) is 3.32. The minimum atomic E-state index is -4.57. The standard InChI is InChI=1S/C12H13F3N4O3/c1-22-11(12(13,14)15)5-19(6-11)10(21)18-8-4-2-3-7(17-8)9(16)20/h2-4H,5-6H2,1H3,(H2,16,20)(H,17,18,21). The van der Waals surface area contributed by atoms with Crippen molar-refractivity contribution in [1.29, 1.82) is 0 Å². The van der Waals surface area contributed by atoms with Crippen molar-refractivity contribution in [1.82, 2.24) is 9.88 Å². The average Bonchev–Trinajstić information content (AvgIpc) is 2.36. The lowest BCUT2D eigenvalue weighted by Gasteiger charge is -2.48. The van der Waals surface area contributed by atoms with E-state index in [-0.39, 0.29) is 11.5 Å². The van der Waals surface area contributed by atoms with Crippen molar-refractivity contribution in [3.63, 3.8) is 0 Å². The molecule has 0 unspecified atom stereocenters. The molecule has 0 bridgehead atoms. The van der Waals surface area contributed by atoms with Gasteiger partial charge < -0.3 is 15.4 Å². The largest absolute Gasteiger partial charge is 0.420 e. The molecule has 2 rings (SSSR count). The van der Waals surface area contributed by atoms with Crippen molar-refractivity contribution in [2.45, 2.75) is 11.8 Å². The van der Waals surface area contributed by atoms with Gasteiger partial charge in [0, 0.05) is 7.11 Å². The van der Waals surface area contributed by atoms with Gasteiger partial charge in [-0.15, -0.1) is 0 Å². The van der Waals surface area contributed by atoms with Crippen molar-refractivity contribution >= 4 is 17.8 Å². The lowest BCUT2D eigenvalue weighted by atomic mass is 9.93. The van der Waals surface area contributed by atoms with Gasteiger partial charge in [0.2, 0.25) is 0 Å². The van der Waals surface area contributed by atoms with Gasteiger partial charge in [0.25, 0.3) is 5.91 Å². The summed E-state index contributed by atoms with van der Waals surface area (Å²) < 4.78 is 42.9. The number of nitrogens with one attached hydrogen (secondary N) is 1. The molecule has 0 spiro atoms. The monoisotopic (exact) mass is 318 g/mol. The summed E-state index contributed by atoms with van der Waals surface area (Å²) in [5, 5.41) is 2.30. The van der Waals surface area contributed by atoms with Crippen molar-refractivity contribution in [2.24, 2.45) is 5.73 Å². The van der Waals surface area contributed by atoms with Crippen LogP contribution in [-0.4, -0.2) is 53.8 Å². The lowest BCUT2D eigenvalue weighted by molar-refractivity contribution is -0.303. The van der Waals surface area contributed by atoms with Gasteiger partial charge in [-0.2, -0.15) is 13.2 Å². The second kappa shape index (κ2) is 5.44. The quantitative estimate of drug-likeness (QED) is 0.868. The number of amides is 3. The molecule has 1 aliphatic rings. The fourth-order valence-electron chi connectivity index (χ4n) is 1.97. The molecule has 7 nitrogen and oxygen atoms in total. The molecular weight excluding hydrogens is 305 g/mol. The molecule has 2 heterocycles. The van der Waals surface area contributed by atoms with Crippen molar-refractivity contribution in [3.05, 3.63) is 23.9 Å². The van der Waals surface area contributed by atoms with Gasteiger partial charge in [0.1, 0.15) is 11.5 Å². The number of urea groups is 1. The topological polar surface area (TPSA) is 97.5 Å². The Morgan fingerprint density at radius 1 is 1.41 bits per heavy atom. The summed E-state index contributed by atoms with van der Waals surface area (Å²) in [5.41, 5.74) is 2.64. The summed E-state index contributed by atoms with van der Waals surface area (Å²) in [6, 6.07) is 3.40. The normalized spacial score (nSPS) is 16.8. The fraction of sp³-hybridized carbons (Fsp3) is 0.417. The van der Waals surface area contributed by atoms with E-state index in [1.54, 1.807) is 0 Å². The molecule has 0 aliphatic carbocycles. The summed E-state index contributed by atoms with van der Waals surface area (Å²) in [7, 11) is 0.945. The number of aromatic nitrogens is 1. The number of nitrogens with zero attached hydrogens (tertiary/aromatic N) is 2. The number of carbonyl (C=O) groups is 2. The van der Waals surface area contributed by atoms with Crippen LogP contribution in [0.2, 0.25) is 0 Å². The predicted octanol–water partition coefficient (Wildman–Crippen LogP) is 0.976. The first-order valence-corrected chi connectivity index (χ1v) is 6.13. The summed E-state index contributed by atoms with van der Waals surface area (Å²) >= 11 is 0. The number of alkyl halides is 3. The zero-order chi connectivity index (χ0) is 16.5. The summed E-state index contributed by atoms with van der Waals surface area (Å²) in [6.45, 7) is -1.23. The van der Waals surface area contributed by atoms with E-state index in [1.807, 2.05) is 0 Å². The first-order valence-electron chi connectivity index (χ1n) is 6.13. The Labute approximate surface area is 123 Å². The van der Waals surface area contributed by atoms with Gasteiger partial charge >= 0.3 is 12.2 Å². The third kappa shape index (κ3) is 2.82. The number of nitrogens with two attached hydrogens (primary N) is 1. The Morgan fingerprint density at radius 2 is 2.05 bits per heavy atom. The molecule has 0 saturated carbocycles. The Morgan fingerprint density at radius 3 is 2.55 bits per heavy atom. The Hall–Kier alpha value is -2.36. The van der Waals surface area contributed by atoms with Crippen LogP contribution in [0.1, 0.15) is 10.5 Å². The molecule has 10 heteroatoms. The van der Waals surface area contributed by atoms with Gasteiger partial charge in [0.05, 0.1) is 13.1 Å². The number of carbonyl (C=O) groups excluding carboxylic acids is 2. The fourth-order valence-corrected chi connectivity index (χ4v) is 1.97. The van der Waals surface area contributed by atoms with Crippen LogP contribution < -0.4 is 11.1 Å². The highest BCUT2D eigenvalue weighted by Crippen LogP contribution is 2.40. The van der Waals surface area contributed by atoms with Gasteiger partial charge in [-0.3, -0.25) is 10.1 Å². The molecule has 1 aliphatic heterocycles. The summed E-state index contributed by atoms with van der Waals surface area (Å²) in [5.74, 6) is -0.765. The number of rotatable bonds is 3. The first-order chi connectivity index (χ1) is 10.2. The third-order valence-corrected chi connectivity index (χ3v) is 3.32. The van der Waals surface area contributed by atoms with E-state index in [9.17, 15) is 22.8 Å². The highest BCUT2D eigenvalue weighted by molar-refractivity contribution is 5.93. The van der Waals surface area contributed by atoms with Crippen LogP contribution in [0.5, 0.6) is 0 Å². The van der Waals surface area contributed by atoms with Crippen LogP contribution in [0, 0.1) is 0 Å². The van der Waals surface area contributed by atoms with E-state index < -0.39 is 36.8 Å². The number of hydrogen-bond donors (Lipinski definition) is 2. The number of pyridine rings is 1. The van der Waals surface area contributed by atoms with E-state index in [2.05, 4.69) is 15.0 Å². The highest BCUT2D eigenvalue weighted by Gasteiger charge is 2.63. The Kier molecular flexibility index (Phi) is 3.96. The molecule has 0 aromatic carbocycles. The summed E-state index contributed by atoms with van der Waals surface area (Å²) in [6.07, 6.45) is -4.57. The van der Waals surface area contributed by atoms with Crippen molar-refractivity contribution in [2.75, 3.05) is 25.5 Å². The minimum absolute atomic E-state index is 0.0169. The van der Waals surface area contributed by atoms with Gasteiger partial charge in [-0.05, 0) is 12.1 Å². The average molecular weight is 318 g/mol. The molecule has 1 aromatic heterocycles. The number of anilines is 1. The Bertz CT molecular complexity index is 600. The van der Waals surface area contributed by atoms with Crippen LogP contribution in [0.15, 0.2) is 18.2 Å².